The summed E-state index contributed by atoms with van der Waals surface area (Å²) >= 11 is 0. The third kappa shape index (κ3) is 7.00. The van der Waals surface area contributed by atoms with Gasteiger partial charge in [0.1, 0.15) is 0 Å². The molecule has 2 rings (SSSR count). The van der Waals surface area contributed by atoms with Crippen molar-refractivity contribution in [2.24, 2.45) is 0 Å². The Balaban J connectivity index is 2.07. The number of aliphatic hydroxyl groups excluding tert-OH is 1. The molecule has 2 aromatic carbocycles. The molecule has 172 valence electrons. The van der Waals surface area contributed by atoms with Crippen molar-refractivity contribution in [2.45, 2.75) is 0 Å². The Morgan fingerprint density at radius 2 is 1.69 bits per heavy atom. The summed E-state index contributed by atoms with van der Waals surface area (Å²) in [7, 11) is 4.54. The molecule has 3 N–H and O–H groups in total. The number of amides is 2. The zero-order valence-electron chi connectivity index (χ0n) is 18.3. The number of para-hydroxylation sites is 1. The van der Waals surface area contributed by atoms with Crippen LogP contribution in [0.5, 0.6) is 17.2 Å². The van der Waals surface area contributed by atoms with Crippen LogP contribution in [0.15, 0.2) is 42.5 Å². The average Bonchev–Trinajstić information content (AvgIpc) is 2.82. The largest absolute Gasteiger partial charge is 0.493 e. The quantitative estimate of drug-likeness (QED) is 0.339. The fraction of sp³-hybridized carbons (Fsp3) is 0.304. The number of rotatable bonds is 12. The highest BCUT2D eigenvalue weighted by Gasteiger charge is 2.13. The number of carbonyl (C=O) groups is 2. The van der Waals surface area contributed by atoms with E-state index < -0.39 is 5.91 Å². The van der Waals surface area contributed by atoms with Gasteiger partial charge < -0.3 is 34.7 Å². The predicted molar refractivity (Wildman–Crippen MR) is 120 cm³/mol. The van der Waals surface area contributed by atoms with E-state index in [2.05, 4.69) is 10.6 Å². The molecular weight excluding hydrogens is 416 g/mol. The first kappa shape index (κ1) is 24.7. The monoisotopic (exact) mass is 444 g/mol. The van der Waals surface area contributed by atoms with E-state index in [-0.39, 0.29) is 32.3 Å². The standard InChI is InChI=1S/C23H28N2O7/c1-29-19-14-16(15-20(30-2)22(19)31-3)8-9-21(27)25-18-7-5-4-6-17(18)23(28)24-10-12-32-13-11-26/h4-9,14-15,26H,10-13H2,1-3H3,(H,24,28)(H,25,27). The van der Waals surface area contributed by atoms with Crippen LogP contribution < -0.4 is 24.8 Å². The first-order valence-electron chi connectivity index (χ1n) is 9.89. The fourth-order valence-electron chi connectivity index (χ4n) is 2.83. The van der Waals surface area contributed by atoms with Crippen molar-refractivity contribution in [2.75, 3.05) is 53.0 Å². The molecule has 0 atom stereocenters. The van der Waals surface area contributed by atoms with Crippen LogP contribution in [0.25, 0.3) is 6.08 Å². The maximum atomic E-state index is 12.5. The van der Waals surface area contributed by atoms with Gasteiger partial charge in [-0.15, -0.1) is 0 Å². The van der Waals surface area contributed by atoms with Crippen molar-refractivity contribution in [3.05, 3.63) is 53.6 Å². The molecule has 0 aliphatic rings. The summed E-state index contributed by atoms with van der Waals surface area (Å²) in [6.45, 7) is 0.688. The van der Waals surface area contributed by atoms with Gasteiger partial charge in [0.05, 0.1) is 52.4 Å². The Kier molecular flexibility index (Phi) is 10.0. The van der Waals surface area contributed by atoms with E-state index in [1.807, 2.05) is 0 Å². The third-order valence-electron chi connectivity index (χ3n) is 4.31. The number of ether oxygens (including phenoxy) is 4. The van der Waals surface area contributed by atoms with Crippen LogP contribution in [-0.2, 0) is 9.53 Å². The highest BCUT2D eigenvalue weighted by molar-refractivity contribution is 6.07. The highest BCUT2D eigenvalue weighted by atomic mass is 16.5. The Labute approximate surface area is 186 Å². The number of hydrogen-bond acceptors (Lipinski definition) is 7. The van der Waals surface area contributed by atoms with E-state index in [1.54, 1.807) is 42.5 Å². The molecule has 2 amide bonds. The van der Waals surface area contributed by atoms with Crippen molar-refractivity contribution in [3.63, 3.8) is 0 Å². The Hall–Kier alpha value is -3.56. The van der Waals surface area contributed by atoms with Gasteiger partial charge in [0.15, 0.2) is 11.5 Å². The number of hydrogen-bond donors (Lipinski definition) is 3. The molecule has 0 unspecified atom stereocenters. The Bertz CT molecular complexity index is 919. The maximum Gasteiger partial charge on any atom is 0.253 e. The maximum absolute atomic E-state index is 12.5. The van der Waals surface area contributed by atoms with E-state index in [1.165, 1.54) is 27.4 Å². The minimum absolute atomic E-state index is 0.0770. The summed E-state index contributed by atoms with van der Waals surface area (Å²) in [6.07, 6.45) is 2.94. The summed E-state index contributed by atoms with van der Waals surface area (Å²) in [5.74, 6) is 0.638. The lowest BCUT2D eigenvalue weighted by Crippen LogP contribution is -2.28. The van der Waals surface area contributed by atoms with Crippen LogP contribution in [0.3, 0.4) is 0 Å². The zero-order valence-corrected chi connectivity index (χ0v) is 18.3. The molecule has 9 nitrogen and oxygen atoms in total. The summed E-state index contributed by atoms with van der Waals surface area (Å²) in [5, 5.41) is 14.1. The number of aliphatic hydroxyl groups is 1. The smallest absolute Gasteiger partial charge is 0.253 e. The second-order valence-electron chi connectivity index (χ2n) is 6.42. The molecule has 0 radical (unpaired) electrons. The van der Waals surface area contributed by atoms with Gasteiger partial charge in [-0.3, -0.25) is 9.59 Å². The summed E-state index contributed by atoms with van der Waals surface area (Å²) in [6, 6.07) is 10.1. The molecule has 0 bridgehead atoms. The fourth-order valence-corrected chi connectivity index (χ4v) is 2.83. The van der Waals surface area contributed by atoms with Crippen molar-refractivity contribution in [1.82, 2.24) is 5.32 Å². The van der Waals surface area contributed by atoms with Gasteiger partial charge in [0.25, 0.3) is 5.91 Å². The van der Waals surface area contributed by atoms with Gasteiger partial charge in [0.2, 0.25) is 11.7 Å². The van der Waals surface area contributed by atoms with Crippen molar-refractivity contribution in [3.8, 4) is 17.2 Å². The molecule has 0 saturated carbocycles. The lowest BCUT2D eigenvalue weighted by Gasteiger charge is -2.13. The van der Waals surface area contributed by atoms with Crippen LogP contribution in [0.1, 0.15) is 15.9 Å². The summed E-state index contributed by atoms with van der Waals surface area (Å²) < 4.78 is 21.0. The molecule has 0 heterocycles. The first-order chi connectivity index (χ1) is 15.5. The summed E-state index contributed by atoms with van der Waals surface area (Å²) in [4.78, 5) is 24.9. The van der Waals surface area contributed by atoms with Crippen LogP contribution in [0, 0.1) is 0 Å². The minimum atomic E-state index is -0.412. The molecular formula is C23H28N2O7. The third-order valence-corrected chi connectivity index (χ3v) is 4.31. The SMILES string of the molecule is COc1cc(C=CC(=O)Nc2ccccc2C(=O)NCCOCCO)cc(OC)c1OC. The molecule has 0 saturated heterocycles. The summed E-state index contributed by atoms with van der Waals surface area (Å²) in [5.41, 5.74) is 1.37. The topological polar surface area (TPSA) is 115 Å². The molecule has 0 fully saturated rings. The van der Waals surface area contributed by atoms with E-state index in [0.717, 1.165) is 0 Å². The van der Waals surface area contributed by atoms with Crippen LogP contribution >= 0.6 is 0 Å². The second kappa shape index (κ2) is 13.0. The van der Waals surface area contributed by atoms with Gasteiger partial charge in [0, 0.05) is 12.6 Å². The molecule has 2 aromatic rings. The van der Waals surface area contributed by atoms with E-state index in [9.17, 15) is 9.59 Å². The number of benzene rings is 2. The molecule has 9 heteroatoms. The molecule has 0 aromatic heterocycles. The number of carbonyl (C=O) groups excluding carboxylic acids is 2. The molecule has 0 spiro atoms. The zero-order chi connectivity index (χ0) is 23.3. The minimum Gasteiger partial charge on any atom is -0.493 e. The van der Waals surface area contributed by atoms with Crippen LogP contribution in [0.4, 0.5) is 5.69 Å². The Morgan fingerprint density at radius 1 is 1.00 bits per heavy atom. The van der Waals surface area contributed by atoms with Gasteiger partial charge in [-0.2, -0.15) is 0 Å². The average molecular weight is 444 g/mol. The van der Waals surface area contributed by atoms with Gasteiger partial charge in [-0.25, -0.2) is 0 Å². The first-order valence-corrected chi connectivity index (χ1v) is 9.89. The van der Waals surface area contributed by atoms with Gasteiger partial charge in [-0.1, -0.05) is 12.1 Å². The van der Waals surface area contributed by atoms with E-state index >= 15 is 0 Å². The normalized spacial score (nSPS) is 10.6. The highest BCUT2D eigenvalue weighted by Crippen LogP contribution is 2.38. The number of nitrogens with one attached hydrogen (secondary N) is 2. The lowest BCUT2D eigenvalue weighted by atomic mass is 10.1. The predicted octanol–water partition coefficient (Wildman–Crippen LogP) is 2.10. The van der Waals surface area contributed by atoms with Gasteiger partial charge >= 0.3 is 0 Å². The molecule has 0 aliphatic heterocycles. The Morgan fingerprint density at radius 3 is 2.31 bits per heavy atom. The van der Waals surface area contributed by atoms with Crippen molar-refractivity contribution >= 4 is 23.6 Å². The lowest BCUT2D eigenvalue weighted by molar-refractivity contribution is -0.111. The molecule has 0 aliphatic carbocycles. The van der Waals surface area contributed by atoms with Crippen LogP contribution in [-0.4, -0.2) is 64.6 Å². The number of anilines is 1. The van der Waals surface area contributed by atoms with Crippen LogP contribution in [0.2, 0.25) is 0 Å². The second-order valence-corrected chi connectivity index (χ2v) is 6.42. The van der Waals surface area contributed by atoms with Crippen molar-refractivity contribution < 1.29 is 33.6 Å². The number of methoxy groups -OCH3 is 3. The van der Waals surface area contributed by atoms with Crippen molar-refractivity contribution in [1.29, 1.82) is 0 Å². The van der Waals surface area contributed by atoms with E-state index in [0.29, 0.717) is 34.1 Å². The van der Waals surface area contributed by atoms with Gasteiger partial charge in [-0.05, 0) is 35.9 Å². The van der Waals surface area contributed by atoms with E-state index in [4.69, 9.17) is 24.1 Å². The molecule has 32 heavy (non-hydrogen) atoms.